The lowest BCUT2D eigenvalue weighted by Gasteiger charge is -2.09. The van der Waals surface area contributed by atoms with Gasteiger partial charge in [-0.2, -0.15) is 0 Å². The van der Waals surface area contributed by atoms with Crippen LogP contribution >= 0.6 is 11.3 Å². The van der Waals surface area contributed by atoms with E-state index in [4.69, 9.17) is 0 Å². The van der Waals surface area contributed by atoms with E-state index in [0.29, 0.717) is 21.5 Å². The number of aromatic amines is 1. The fourth-order valence-corrected chi connectivity index (χ4v) is 3.61. The summed E-state index contributed by atoms with van der Waals surface area (Å²) in [5.41, 5.74) is 0.961. The molecule has 2 heterocycles. The molecule has 0 atom stereocenters. The minimum Gasteiger partial charge on any atom is -0.478 e. The Balaban J connectivity index is 2.20. The molecule has 0 saturated heterocycles. The number of H-pyrrole nitrogens is 1. The molecule has 5 heteroatoms. The minimum absolute atomic E-state index is 0.204. The van der Waals surface area contributed by atoms with Gasteiger partial charge >= 0.3 is 5.97 Å². The molecule has 4 aromatic rings. The molecule has 2 aromatic heterocycles. The van der Waals surface area contributed by atoms with Crippen molar-refractivity contribution >= 4 is 38.9 Å². The smallest absolute Gasteiger partial charge is 0.336 e. The van der Waals surface area contributed by atoms with Crippen molar-refractivity contribution in [2.45, 2.75) is 0 Å². The van der Waals surface area contributed by atoms with Crippen LogP contribution in [0.3, 0.4) is 0 Å². The van der Waals surface area contributed by atoms with E-state index in [1.807, 2.05) is 29.6 Å². The van der Waals surface area contributed by atoms with Crippen molar-refractivity contribution < 1.29 is 9.90 Å². The van der Waals surface area contributed by atoms with Crippen molar-refractivity contribution in [1.29, 1.82) is 0 Å². The molecule has 112 valence electrons. The molecule has 0 saturated carbocycles. The molecule has 2 aromatic carbocycles. The summed E-state index contributed by atoms with van der Waals surface area (Å²) in [7, 11) is 0. The van der Waals surface area contributed by atoms with E-state index in [2.05, 4.69) is 4.98 Å². The standard InChI is InChI=1S/C18H11NO3S/c20-17-16-11(5-6-19-17)9-14(18(21)22)12-4-3-10(8-13(12)16)15-2-1-7-23-15/h1-9H,(H,19,20)(H,21,22). The lowest BCUT2D eigenvalue weighted by Crippen LogP contribution is -2.07. The highest BCUT2D eigenvalue weighted by atomic mass is 32.1. The largest absolute Gasteiger partial charge is 0.478 e. The fourth-order valence-electron chi connectivity index (χ4n) is 2.88. The Labute approximate surface area is 134 Å². The minimum atomic E-state index is -0.999. The first-order valence-electron chi connectivity index (χ1n) is 7.00. The van der Waals surface area contributed by atoms with Crippen LogP contribution in [0.15, 0.2) is 58.8 Å². The number of rotatable bonds is 2. The molecule has 4 nitrogen and oxygen atoms in total. The molecule has 2 N–H and O–H groups in total. The summed E-state index contributed by atoms with van der Waals surface area (Å²) >= 11 is 1.60. The summed E-state index contributed by atoms with van der Waals surface area (Å²) in [5, 5.41) is 13.8. The molecular formula is C18H11NO3S. The number of nitrogens with one attached hydrogen (secondary N) is 1. The van der Waals surface area contributed by atoms with Crippen LogP contribution in [-0.2, 0) is 0 Å². The molecule has 0 aliphatic carbocycles. The summed E-state index contributed by atoms with van der Waals surface area (Å²) in [6.45, 7) is 0. The van der Waals surface area contributed by atoms with Crippen LogP contribution in [0.25, 0.3) is 32.0 Å². The van der Waals surface area contributed by atoms with Crippen LogP contribution in [0.2, 0.25) is 0 Å². The van der Waals surface area contributed by atoms with Crippen LogP contribution in [-0.4, -0.2) is 16.1 Å². The first-order valence-corrected chi connectivity index (χ1v) is 7.88. The summed E-state index contributed by atoms with van der Waals surface area (Å²) in [4.78, 5) is 27.6. The Hall–Kier alpha value is -2.92. The number of aromatic nitrogens is 1. The first-order chi connectivity index (χ1) is 11.1. The third-order valence-corrected chi connectivity index (χ3v) is 4.83. The van der Waals surface area contributed by atoms with E-state index in [1.54, 1.807) is 29.5 Å². The lowest BCUT2D eigenvalue weighted by molar-refractivity contribution is 0.0699. The monoisotopic (exact) mass is 321 g/mol. The van der Waals surface area contributed by atoms with Gasteiger partial charge in [-0.05, 0) is 51.4 Å². The molecule has 0 spiro atoms. The van der Waals surface area contributed by atoms with Gasteiger partial charge in [-0.3, -0.25) is 4.79 Å². The number of aromatic carboxylic acids is 1. The van der Waals surface area contributed by atoms with Crippen LogP contribution in [0.1, 0.15) is 10.4 Å². The van der Waals surface area contributed by atoms with Gasteiger partial charge in [0.2, 0.25) is 0 Å². The van der Waals surface area contributed by atoms with E-state index >= 15 is 0 Å². The summed E-state index contributed by atoms with van der Waals surface area (Å²) in [6.07, 6.45) is 1.53. The lowest BCUT2D eigenvalue weighted by atomic mass is 9.96. The van der Waals surface area contributed by atoms with Crippen molar-refractivity contribution in [3.63, 3.8) is 0 Å². The number of hydrogen-bond donors (Lipinski definition) is 2. The number of hydrogen-bond acceptors (Lipinski definition) is 3. The van der Waals surface area contributed by atoms with Crippen molar-refractivity contribution in [2.24, 2.45) is 0 Å². The maximum absolute atomic E-state index is 12.3. The fraction of sp³-hybridized carbons (Fsp3) is 0. The maximum atomic E-state index is 12.3. The van der Waals surface area contributed by atoms with Crippen molar-refractivity contribution in [1.82, 2.24) is 4.98 Å². The van der Waals surface area contributed by atoms with Gasteiger partial charge in [-0.15, -0.1) is 11.3 Å². The molecule has 0 aliphatic heterocycles. The van der Waals surface area contributed by atoms with E-state index in [1.165, 1.54) is 6.20 Å². The predicted octanol–water partition coefficient (Wildman–Crippen LogP) is 4.11. The Morgan fingerprint density at radius 2 is 1.96 bits per heavy atom. The number of carbonyl (C=O) groups is 1. The topological polar surface area (TPSA) is 70.2 Å². The molecule has 0 fully saturated rings. The number of carboxylic acids is 1. The Morgan fingerprint density at radius 1 is 1.09 bits per heavy atom. The number of benzene rings is 2. The predicted molar refractivity (Wildman–Crippen MR) is 92.3 cm³/mol. The van der Waals surface area contributed by atoms with Crippen molar-refractivity contribution in [3.05, 3.63) is 70.0 Å². The summed E-state index contributed by atoms with van der Waals surface area (Å²) in [5.74, 6) is -0.999. The maximum Gasteiger partial charge on any atom is 0.336 e. The van der Waals surface area contributed by atoms with Gasteiger partial charge in [0.25, 0.3) is 5.56 Å². The van der Waals surface area contributed by atoms with E-state index < -0.39 is 5.97 Å². The number of fused-ring (bicyclic) bond motifs is 3. The second kappa shape index (κ2) is 5.07. The Kier molecular flexibility index (Phi) is 3.02. The molecule has 0 aliphatic rings. The quantitative estimate of drug-likeness (QED) is 0.546. The zero-order chi connectivity index (χ0) is 16.0. The average molecular weight is 321 g/mol. The first kappa shape index (κ1) is 13.7. The summed E-state index contributed by atoms with van der Waals surface area (Å²) in [6, 6.07) is 12.8. The van der Waals surface area contributed by atoms with Crippen molar-refractivity contribution in [3.8, 4) is 10.4 Å². The SMILES string of the molecule is O=C(O)c1cc2cc[nH]c(=O)c2c2cc(-c3cccs3)ccc12. The molecular weight excluding hydrogens is 310 g/mol. The second-order valence-corrected chi connectivity index (χ2v) is 6.19. The highest BCUT2D eigenvalue weighted by Crippen LogP contribution is 2.32. The third-order valence-electron chi connectivity index (χ3n) is 3.91. The van der Waals surface area contributed by atoms with Gasteiger partial charge in [-0.25, -0.2) is 4.79 Å². The van der Waals surface area contributed by atoms with Crippen LogP contribution in [0.5, 0.6) is 0 Å². The highest BCUT2D eigenvalue weighted by molar-refractivity contribution is 7.13. The van der Waals surface area contributed by atoms with Gasteiger partial charge in [-0.1, -0.05) is 18.2 Å². The number of thiophene rings is 1. The highest BCUT2D eigenvalue weighted by Gasteiger charge is 2.14. The molecule has 0 bridgehead atoms. The van der Waals surface area contributed by atoms with Gasteiger partial charge < -0.3 is 10.1 Å². The van der Waals surface area contributed by atoms with Crippen molar-refractivity contribution in [2.75, 3.05) is 0 Å². The van der Waals surface area contributed by atoms with Gasteiger partial charge in [0, 0.05) is 11.1 Å². The zero-order valence-electron chi connectivity index (χ0n) is 11.9. The zero-order valence-corrected chi connectivity index (χ0v) is 12.7. The van der Waals surface area contributed by atoms with Gasteiger partial charge in [0.05, 0.1) is 10.9 Å². The summed E-state index contributed by atoms with van der Waals surface area (Å²) < 4.78 is 0. The van der Waals surface area contributed by atoms with Crippen LogP contribution < -0.4 is 5.56 Å². The molecule has 0 amide bonds. The van der Waals surface area contributed by atoms with Crippen LogP contribution in [0.4, 0.5) is 0 Å². The third kappa shape index (κ3) is 2.13. The van der Waals surface area contributed by atoms with Crippen LogP contribution in [0, 0.1) is 0 Å². The van der Waals surface area contributed by atoms with E-state index in [9.17, 15) is 14.7 Å². The average Bonchev–Trinajstić information content (AvgIpc) is 3.08. The molecule has 4 rings (SSSR count). The number of pyridine rings is 1. The Bertz CT molecular complexity index is 1110. The molecule has 0 unspecified atom stereocenters. The Morgan fingerprint density at radius 3 is 2.70 bits per heavy atom. The molecule has 0 radical (unpaired) electrons. The normalized spacial score (nSPS) is 11.1. The van der Waals surface area contributed by atoms with E-state index in [-0.39, 0.29) is 11.1 Å². The number of carboxylic acid groups (broad SMARTS) is 1. The van der Waals surface area contributed by atoms with E-state index in [0.717, 1.165) is 10.4 Å². The molecule has 23 heavy (non-hydrogen) atoms. The van der Waals surface area contributed by atoms with Gasteiger partial charge in [0.15, 0.2) is 0 Å². The second-order valence-electron chi connectivity index (χ2n) is 5.24. The van der Waals surface area contributed by atoms with Gasteiger partial charge in [0.1, 0.15) is 0 Å².